The molecule has 0 unspecified atom stereocenters. The van der Waals surface area contributed by atoms with Crippen LogP contribution in [0, 0.1) is 5.41 Å². The molecule has 0 aliphatic carbocycles. The first-order valence-electron chi connectivity index (χ1n) is 7.13. The van der Waals surface area contributed by atoms with Crippen molar-refractivity contribution in [1.82, 2.24) is 10.2 Å². The molecule has 0 aliphatic heterocycles. The highest BCUT2D eigenvalue weighted by molar-refractivity contribution is 5.87. The third-order valence-corrected chi connectivity index (χ3v) is 2.99. The van der Waals surface area contributed by atoms with Gasteiger partial charge in [-0.1, -0.05) is 41.5 Å². The summed E-state index contributed by atoms with van der Waals surface area (Å²) in [5, 5.41) is 10.1. The topological polar surface area (TPSA) is 69.6 Å². The second-order valence-corrected chi connectivity index (χ2v) is 5.73. The summed E-state index contributed by atoms with van der Waals surface area (Å²) in [5.41, 5.74) is -0.993. The highest BCUT2D eigenvalue weighted by Gasteiger charge is 2.43. The van der Waals surface area contributed by atoms with Gasteiger partial charge < -0.3 is 15.3 Å². The summed E-state index contributed by atoms with van der Waals surface area (Å²) >= 11 is 0. The number of nitrogens with one attached hydrogen (secondary N) is 1. The molecule has 132 valence electrons. The maximum Gasteiger partial charge on any atom is 0.471 e. The zero-order valence-electron chi connectivity index (χ0n) is 14.0. The smallest absolute Gasteiger partial charge is 0.471 e. The maximum atomic E-state index is 11.9. The van der Waals surface area contributed by atoms with Crippen molar-refractivity contribution in [1.29, 1.82) is 0 Å². The quantitative estimate of drug-likeness (QED) is 0.813. The summed E-state index contributed by atoms with van der Waals surface area (Å²) in [4.78, 5) is 23.5. The number of hydrogen-bond acceptors (Lipinski definition) is 3. The number of halogens is 3. The molecule has 22 heavy (non-hydrogen) atoms. The molecule has 1 atom stereocenters. The van der Waals surface area contributed by atoms with E-state index in [4.69, 9.17) is 5.11 Å². The number of nitrogens with zero attached hydrogens (tertiary/aromatic N) is 1. The Morgan fingerprint density at radius 2 is 1.41 bits per heavy atom. The molecule has 0 aromatic heterocycles. The number of amides is 1. The van der Waals surface area contributed by atoms with E-state index in [9.17, 15) is 22.8 Å². The number of carboxylic acids is 1. The van der Waals surface area contributed by atoms with Gasteiger partial charge in [0.25, 0.3) is 0 Å². The van der Waals surface area contributed by atoms with Gasteiger partial charge in [-0.05, 0) is 25.0 Å². The predicted molar refractivity (Wildman–Crippen MR) is 78.5 cm³/mol. The molecule has 5 nitrogen and oxygen atoms in total. The van der Waals surface area contributed by atoms with Crippen LogP contribution in [0.4, 0.5) is 13.2 Å². The Morgan fingerprint density at radius 3 is 1.55 bits per heavy atom. The van der Waals surface area contributed by atoms with Crippen molar-refractivity contribution in [3.8, 4) is 0 Å². The maximum absolute atomic E-state index is 11.9. The van der Waals surface area contributed by atoms with E-state index in [-0.39, 0.29) is 0 Å². The van der Waals surface area contributed by atoms with E-state index in [0.717, 1.165) is 0 Å². The van der Waals surface area contributed by atoms with Crippen molar-refractivity contribution >= 4 is 11.9 Å². The van der Waals surface area contributed by atoms with Gasteiger partial charge in [0.1, 0.15) is 6.04 Å². The molecule has 0 aromatic carbocycles. The average molecular weight is 328 g/mol. The number of alkyl halides is 3. The van der Waals surface area contributed by atoms with Crippen LogP contribution in [-0.2, 0) is 9.59 Å². The van der Waals surface area contributed by atoms with Gasteiger partial charge in [0.05, 0.1) is 0 Å². The van der Waals surface area contributed by atoms with Gasteiger partial charge in [-0.25, -0.2) is 4.79 Å². The number of aliphatic carboxylic acids is 1. The lowest BCUT2D eigenvalue weighted by molar-refractivity contribution is -0.176. The molecule has 0 heterocycles. The lowest BCUT2D eigenvalue weighted by Gasteiger charge is -2.27. The van der Waals surface area contributed by atoms with Crippen molar-refractivity contribution in [3.05, 3.63) is 0 Å². The van der Waals surface area contributed by atoms with Crippen molar-refractivity contribution in [2.24, 2.45) is 5.41 Å². The van der Waals surface area contributed by atoms with Crippen LogP contribution in [0.15, 0.2) is 0 Å². The van der Waals surface area contributed by atoms with E-state index in [1.165, 1.54) is 45.7 Å². The van der Waals surface area contributed by atoms with E-state index < -0.39 is 29.5 Å². The number of carboxylic acid groups (broad SMARTS) is 1. The largest absolute Gasteiger partial charge is 0.480 e. The van der Waals surface area contributed by atoms with Crippen LogP contribution in [0.3, 0.4) is 0 Å². The fraction of sp³-hybridized carbons (Fsp3) is 0.857. The monoisotopic (exact) mass is 328 g/mol. The molecular weight excluding hydrogens is 301 g/mol. The average Bonchev–Trinajstić information content (AvgIpc) is 2.35. The molecule has 1 amide bonds. The summed E-state index contributed by atoms with van der Waals surface area (Å²) in [6, 6.07) is -1.58. The van der Waals surface area contributed by atoms with Gasteiger partial charge in [-0.2, -0.15) is 13.2 Å². The Labute approximate surface area is 129 Å². The second-order valence-electron chi connectivity index (χ2n) is 5.73. The van der Waals surface area contributed by atoms with Crippen LogP contribution in [0.2, 0.25) is 0 Å². The molecule has 2 N–H and O–H groups in total. The normalized spacial score (nSPS) is 13.2. The van der Waals surface area contributed by atoms with Crippen LogP contribution in [-0.4, -0.2) is 53.7 Å². The summed E-state index contributed by atoms with van der Waals surface area (Å²) in [5.74, 6) is -3.75. The molecule has 0 radical (unpaired) electrons. The van der Waals surface area contributed by atoms with Crippen molar-refractivity contribution in [2.45, 2.75) is 53.8 Å². The Balaban J connectivity index is 0. The summed E-state index contributed by atoms with van der Waals surface area (Å²) in [6.45, 7) is 14.4. The summed E-state index contributed by atoms with van der Waals surface area (Å²) < 4.78 is 35.6. The number of rotatable bonds is 5. The molecule has 0 aliphatic rings. The van der Waals surface area contributed by atoms with Crippen molar-refractivity contribution in [3.63, 3.8) is 0 Å². The Hall–Kier alpha value is -1.31. The number of hydrogen-bond donors (Lipinski definition) is 2. The van der Waals surface area contributed by atoms with Gasteiger partial charge in [0.2, 0.25) is 0 Å². The first kappa shape index (κ1) is 23.0. The highest BCUT2D eigenvalue weighted by Crippen LogP contribution is 2.22. The van der Waals surface area contributed by atoms with Crippen LogP contribution >= 0.6 is 0 Å². The van der Waals surface area contributed by atoms with Gasteiger partial charge in [0.15, 0.2) is 0 Å². The first-order chi connectivity index (χ1) is 9.81. The van der Waals surface area contributed by atoms with E-state index in [2.05, 4.69) is 25.7 Å². The van der Waals surface area contributed by atoms with E-state index >= 15 is 0 Å². The van der Waals surface area contributed by atoms with Crippen molar-refractivity contribution < 1.29 is 27.9 Å². The molecule has 0 aromatic rings. The van der Waals surface area contributed by atoms with Crippen LogP contribution < -0.4 is 5.32 Å². The standard InChI is InChI=1S/C8H12F3NO3.C6H15N/c1-7(2,3)4(5(13)14)12-6(15)8(9,10)11;1-4-7(5-2)6-3/h4H,1-3H3,(H,12,15)(H,13,14);4-6H2,1-3H3/t4-;/m1./s1. The molecule has 0 saturated heterocycles. The van der Waals surface area contributed by atoms with E-state index in [0.29, 0.717) is 0 Å². The zero-order chi connectivity index (χ0) is 18.1. The Bertz CT molecular complexity index is 343. The molecule has 0 spiro atoms. The SMILES string of the molecule is CC(C)(C)[C@H](NC(=O)C(F)(F)F)C(=O)O.CCN(CC)CC. The molecular formula is C14H27F3N2O3. The molecule has 0 fully saturated rings. The molecule has 0 bridgehead atoms. The molecule has 0 rings (SSSR count). The summed E-state index contributed by atoms with van der Waals surface area (Å²) in [6.07, 6.45) is -5.07. The van der Waals surface area contributed by atoms with Crippen molar-refractivity contribution in [2.75, 3.05) is 19.6 Å². The predicted octanol–water partition coefficient (Wildman–Crippen LogP) is 2.51. The minimum atomic E-state index is -5.07. The molecule has 0 saturated carbocycles. The molecule has 8 heteroatoms. The fourth-order valence-electron chi connectivity index (χ4n) is 1.53. The lowest BCUT2D eigenvalue weighted by Crippen LogP contribution is -2.52. The lowest BCUT2D eigenvalue weighted by atomic mass is 9.87. The van der Waals surface area contributed by atoms with E-state index in [1.807, 2.05) is 0 Å². The van der Waals surface area contributed by atoms with Crippen LogP contribution in [0.1, 0.15) is 41.5 Å². The second kappa shape index (κ2) is 9.66. The third-order valence-electron chi connectivity index (χ3n) is 2.99. The van der Waals surface area contributed by atoms with Crippen LogP contribution in [0.25, 0.3) is 0 Å². The Kier molecular flexibility index (Phi) is 10.1. The van der Waals surface area contributed by atoms with E-state index in [1.54, 1.807) is 0 Å². The first-order valence-corrected chi connectivity index (χ1v) is 7.13. The van der Waals surface area contributed by atoms with Gasteiger partial charge >= 0.3 is 18.1 Å². The minimum Gasteiger partial charge on any atom is -0.480 e. The third kappa shape index (κ3) is 9.59. The Morgan fingerprint density at radius 1 is 1.05 bits per heavy atom. The fourth-order valence-corrected chi connectivity index (χ4v) is 1.53. The van der Waals surface area contributed by atoms with Gasteiger partial charge in [-0.3, -0.25) is 4.79 Å². The number of carbonyl (C=O) groups is 2. The van der Waals surface area contributed by atoms with Crippen LogP contribution in [0.5, 0.6) is 0 Å². The zero-order valence-corrected chi connectivity index (χ0v) is 14.0. The van der Waals surface area contributed by atoms with Gasteiger partial charge in [-0.15, -0.1) is 0 Å². The summed E-state index contributed by atoms with van der Waals surface area (Å²) in [7, 11) is 0. The minimum absolute atomic E-state index is 0.993. The number of carbonyl (C=O) groups excluding carboxylic acids is 1. The van der Waals surface area contributed by atoms with Gasteiger partial charge in [0, 0.05) is 0 Å². The highest BCUT2D eigenvalue weighted by atomic mass is 19.4.